The van der Waals surface area contributed by atoms with Gasteiger partial charge in [-0.05, 0) is 54.7 Å². The molecule has 0 radical (unpaired) electrons. The number of thiocarbonyl (C=S) groups is 1. The summed E-state index contributed by atoms with van der Waals surface area (Å²) in [5, 5.41) is 17.3. The summed E-state index contributed by atoms with van der Waals surface area (Å²) in [4.78, 5) is 27.6. The van der Waals surface area contributed by atoms with E-state index in [1.54, 1.807) is 48.5 Å². The zero-order chi connectivity index (χ0) is 26.1. The maximum absolute atomic E-state index is 12.6. The molecule has 0 saturated carbocycles. The Balaban J connectivity index is 1.28. The number of aromatic nitrogens is 1. The smallest absolute Gasteiger partial charge is 0.293 e. The number of oxazole rings is 1. The molecule has 37 heavy (non-hydrogen) atoms. The molecule has 5 rings (SSSR count). The lowest BCUT2D eigenvalue weighted by Gasteiger charge is -2.09. The number of anilines is 1. The summed E-state index contributed by atoms with van der Waals surface area (Å²) in [6.45, 7) is 0. The van der Waals surface area contributed by atoms with E-state index in [9.17, 15) is 14.9 Å². The Hall–Kier alpha value is -4.25. The van der Waals surface area contributed by atoms with Gasteiger partial charge in [-0.2, -0.15) is 0 Å². The van der Waals surface area contributed by atoms with E-state index < -0.39 is 10.8 Å². The molecule has 0 aliphatic rings. The van der Waals surface area contributed by atoms with Crippen molar-refractivity contribution in [3.05, 3.63) is 98.7 Å². The molecule has 12 heteroatoms. The van der Waals surface area contributed by atoms with Crippen LogP contribution in [0.2, 0.25) is 10.0 Å². The maximum atomic E-state index is 12.6. The molecule has 0 aliphatic carbocycles. The van der Waals surface area contributed by atoms with Gasteiger partial charge in [0.1, 0.15) is 11.3 Å². The fraction of sp³-hybridized carbons (Fsp3) is 0. The molecule has 0 fully saturated rings. The number of halogens is 2. The number of carbonyl (C=O) groups excluding carboxylic acids is 1. The number of fused-ring (bicyclic) bond motifs is 1. The van der Waals surface area contributed by atoms with Gasteiger partial charge in [0.25, 0.3) is 11.6 Å². The molecule has 9 nitrogen and oxygen atoms in total. The van der Waals surface area contributed by atoms with Gasteiger partial charge in [-0.25, -0.2) is 4.98 Å². The van der Waals surface area contributed by atoms with Crippen LogP contribution in [0.3, 0.4) is 0 Å². The molecule has 0 atom stereocenters. The van der Waals surface area contributed by atoms with Gasteiger partial charge in [-0.15, -0.1) is 0 Å². The Labute approximate surface area is 224 Å². The molecule has 0 bridgehead atoms. The number of nitrogens with one attached hydrogen (secondary N) is 2. The molecule has 0 spiro atoms. The molecule has 1 amide bonds. The molecule has 184 valence electrons. The first-order valence-electron chi connectivity index (χ1n) is 10.6. The molecule has 3 aromatic carbocycles. The van der Waals surface area contributed by atoms with Gasteiger partial charge < -0.3 is 14.2 Å². The normalized spacial score (nSPS) is 10.9. The lowest BCUT2D eigenvalue weighted by molar-refractivity contribution is -0.384. The molecule has 0 unspecified atom stereocenters. The van der Waals surface area contributed by atoms with E-state index in [2.05, 4.69) is 15.6 Å². The minimum Gasteiger partial charge on any atom is -0.451 e. The summed E-state index contributed by atoms with van der Waals surface area (Å²) in [5.41, 5.74) is 2.55. The first-order chi connectivity index (χ1) is 17.8. The molecular weight excluding hydrogens is 539 g/mol. The lowest BCUT2D eigenvalue weighted by Crippen LogP contribution is -2.33. The van der Waals surface area contributed by atoms with Gasteiger partial charge >= 0.3 is 0 Å². The van der Waals surface area contributed by atoms with Crippen LogP contribution in [0, 0.1) is 10.1 Å². The minimum atomic E-state index is -0.587. The first-order valence-corrected chi connectivity index (χ1v) is 11.8. The van der Waals surface area contributed by atoms with Crippen LogP contribution < -0.4 is 10.6 Å². The summed E-state index contributed by atoms with van der Waals surface area (Å²) in [5.74, 6) is 0.0411. The Morgan fingerprint density at radius 3 is 2.57 bits per heavy atom. The highest BCUT2D eigenvalue weighted by molar-refractivity contribution is 7.80. The zero-order valence-electron chi connectivity index (χ0n) is 18.5. The SMILES string of the molecule is O=C(NC(=S)Nc1cccc(-c2nc3cc(Cl)cc(Cl)c3o2)c1)c1ccc(-c2cccc([N+](=O)[O-])c2)o1. The Bertz CT molecular complexity index is 1700. The second-order valence-electron chi connectivity index (χ2n) is 7.72. The number of nitrogens with zero attached hydrogens (tertiary/aromatic N) is 2. The van der Waals surface area contributed by atoms with Crippen molar-refractivity contribution in [2.45, 2.75) is 0 Å². The van der Waals surface area contributed by atoms with Crippen molar-refractivity contribution in [2.75, 3.05) is 5.32 Å². The van der Waals surface area contributed by atoms with Crippen LogP contribution in [0.15, 0.2) is 81.6 Å². The molecule has 0 saturated heterocycles. The molecule has 5 aromatic rings. The van der Waals surface area contributed by atoms with Crippen LogP contribution in [-0.4, -0.2) is 20.9 Å². The Morgan fingerprint density at radius 2 is 1.76 bits per heavy atom. The Morgan fingerprint density at radius 1 is 0.973 bits per heavy atom. The number of rotatable bonds is 5. The summed E-state index contributed by atoms with van der Waals surface area (Å²) >= 11 is 17.5. The van der Waals surface area contributed by atoms with E-state index in [1.165, 1.54) is 24.3 Å². The number of amides is 1. The number of nitro benzene ring substituents is 1. The third kappa shape index (κ3) is 5.31. The fourth-order valence-electron chi connectivity index (χ4n) is 3.53. The van der Waals surface area contributed by atoms with Crippen LogP contribution in [0.1, 0.15) is 10.6 Å². The van der Waals surface area contributed by atoms with Crippen molar-refractivity contribution in [1.29, 1.82) is 0 Å². The van der Waals surface area contributed by atoms with E-state index >= 15 is 0 Å². The van der Waals surface area contributed by atoms with Crippen molar-refractivity contribution >= 4 is 68.9 Å². The van der Waals surface area contributed by atoms with Crippen LogP contribution in [0.4, 0.5) is 11.4 Å². The molecule has 2 heterocycles. The molecular formula is C25H14Cl2N4O5S. The first kappa shape index (κ1) is 24.4. The van der Waals surface area contributed by atoms with Gasteiger partial charge in [0.15, 0.2) is 16.5 Å². The number of benzene rings is 3. The average molecular weight is 553 g/mol. The quantitative estimate of drug-likeness (QED) is 0.134. The Kier molecular flexibility index (Phi) is 6.62. The predicted octanol–water partition coefficient (Wildman–Crippen LogP) is 7.10. The number of hydrogen-bond acceptors (Lipinski definition) is 7. The van der Waals surface area contributed by atoms with E-state index in [1.807, 2.05) is 0 Å². The highest BCUT2D eigenvalue weighted by Gasteiger charge is 2.16. The van der Waals surface area contributed by atoms with Gasteiger partial charge in [-0.3, -0.25) is 20.2 Å². The fourth-order valence-corrected chi connectivity index (χ4v) is 4.26. The highest BCUT2D eigenvalue weighted by Crippen LogP contribution is 2.32. The summed E-state index contributed by atoms with van der Waals surface area (Å²) in [7, 11) is 0. The average Bonchev–Trinajstić information content (AvgIpc) is 3.52. The summed E-state index contributed by atoms with van der Waals surface area (Å²) in [6, 6.07) is 19.2. The largest absolute Gasteiger partial charge is 0.451 e. The number of non-ortho nitro benzene ring substituents is 1. The molecule has 2 aromatic heterocycles. The van der Waals surface area contributed by atoms with Crippen molar-refractivity contribution < 1.29 is 18.6 Å². The third-order valence-corrected chi connectivity index (χ3v) is 5.88. The number of carbonyl (C=O) groups is 1. The second-order valence-corrected chi connectivity index (χ2v) is 8.97. The topological polar surface area (TPSA) is 123 Å². The van der Waals surface area contributed by atoms with E-state index in [4.69, 9.17) is 44.3 Å². The highest BCUT2D eigenvalue weighted by atomic mass is 35.5. The minimum absolute atomic E-state index is 0.0126. The zero-order valence-corrected chi connectivity index (χ0v) is 20.9. The number of nitro groups is 1. The second kappa shape index (κ2) is 10.0. The standard InChI is InChI=1S/C25H14Cl2N4O5S/c26-15-11-18(27)22-19(12-15)29-24(36-22)14-4-1-5-16(9-14)28-25(37)30-23(32)21-8-7-20(35-21)13-3-2-6-17(10-13)31(33)34/h1-12H,(H2,28,30,32,37). The monoisotopic (exact) mass is 552 g/mol. The van der Waals surface area contributed by atoms with E-state index in [0.717, 1.165) is 0 Å². The van der Waals surface area contributed by atoms with Crippen molar-refractivity contribution in [1.82, 2.24) is 10.3 Å². The number of furan rings is 1. The summed E-state index contributed by atoms with van der Waals surface area (Å²) < 4.78 is 11.4. The third-order valence-electron chi connectivity index (χ3n) is 5.18. The van der Waals surface area contributed by atoms with Gasteiger partial charge in [0, 0.05) is 34.0 Å². The van der Waals surface area contributed by atoms with Crippen molar-refractivity contribution in [3.63, 3.8) is 0 Å². The van der Waals surface area contributed by atoms with Gasteiger partial charge in [0.05, 0.1) is 9.95 Å². The van der Waals surface area contributed by atoms with E-state index in [-0.39, 0.29) is 16.6 Å². The molecule has 0 aliphatic heterocycles. The number of hydrogen-bond donors (Lipinski definition) is 2. The van der Waals surface area contributed by atoms with Gasteiger partial charge in [0.2, 0.25) is 5.89 Å². The van der Waals surface area contributed by atoms with Gasteiger partial charge in [-0.1, -0.05) is 41.4 Å². The maximum Gasteiger partial charge on any atom is 0.293 e. The van der Waals surface area contributed by atoms with Crippen molar-refractivity contribution in [2.24, 2.45) is 0 Å². The van der Waals surface area contributed by atoms with Crippen LogP contribution >= 0.6 is 35.4 Å². The predicted molar refractivity (Wildman–Crippen MR) is 144 cm³/mol. The van der Waals surface area contributed by atoms with E-state index in [0.29, 0.717) is 49.6 Å². The molecule has 2 N–H and O–H groups in total. The van der Waals surface area contributed by atoms with Crippen molar-refractivity contribution in [3.8, 4) is 22.8 Å². The van der Waals surface area contributed by atoms with Crippen LogP contribution in [0.25, 0.3) is 33.9 Å². The summed E-state index contributed by atoms with van der Waals surface area (Å²) in [6.07, 6.45) is 0. The lowest BCUT2D eigenvalue weighted by atomic mass is 10.1. The van der Waals surface area contributed by atoms with Crippen LogP contribution in [-0.2, 0) is 0 Å². The van der Waals surface area contributed by atoms with Crippen LogP contribution in [0.5, 0.6) is 0 Å².